The molecule has 0 aliphatic rings. The maximum atomic E-state index is 11.3. The van der Waals surface area contributed by atoms with Crippen molar-refractivity contribution in [3.63, 3.8) is 0 Å². The van der Waals surface area contributed by atoms with Crippen LogP contribution in [0.25, 0.3) is 11.0 Å². The van der Waals surface area contributed by atoms with Crippen LogP contribution >= 0.6 is 0 Å². The molecule has 3 N–H and O–H groups in total. The van der Waals surface area contributed by atoms with Crippen LogP contribution in [0.3, 0.4) is 0 Å². The summed E-state index contributed by atoms with van der Waals surface area (Å²) in [5.41, 5.74) is 6.43. The van der Waals surface area contributed by atoms with Gasteiger partial charge in [-0.3, -0.25) is 4.79 Å². The Morgan fingerprint density at radius 2 is 2.38 bits per heavy atom. The Hall–Kier alpha value is -1.68. The molecule has 0 amide bonds. The number of nitrogens with zero attached hydrogens (tertiary/aromatic N) is 1. The lowest BCUT2D eigenvalue weighted by atomic mass is 10.2. The third-order valence-electron chi connectivity index (χ3n) is 1.91. The third kappa shape index (κ3) is 1.31. The van der Waals surface area contributed by atoms with Crippen LogP contribution in [0, 0.1) is 0 Å². The van der Waals surface area contributed by atoms with E-state index >= 15 is 0 Å². The molecule has 2 heterocycles. The number of aromatic amines is 1. The molecule has 0 saturated heterocycles. The summed E-state index contributed by atoms with van der Waals surface area (Å²) < 4.78 is 0. The molecule has 4 heteroatoms. The molecule has 0 aromatic carbocycles. The minimum Gasteiger partial charge on any atom is -0.326 e. The average Bonchev–Trinajstić information content (AvgIpc) is 2.17. The van der Waals surface area contributed by atoms with Crippen molar-refractivity contribution in [3.8, 4) is 0 Å². The van der Waals surface area contributed by atoms with Gasteiger partial charge in [-0.1, -0.05) is 0 Å². The number of pyridine rings is 2. The first-order valence-corrected chi connectivity index (χ1v) is 3.98. The summed E-state index contributed by atoms with van der Waals surface area (Å²) in [6.45, 7) is 0.250. The largest absolute Gasteiger partial charge is 0.326 e. The van der Waals surface area contributed by atoms with Gasteiger partial charge < -0.3 is 10.7 Å². The standard InChI is InChI=1S/C9H9N3O/c10-5-7-4-6-2-1-3-11-8(6)12-9(7)13/h1-4H,5,10H2,(H,11,12,13). The molecule has 0 radical (unpaired) electrons. The van der Waals surface area contributed by atoms with Crippen LogP contribution in [0.15, 0.2) is 29.2 Å². The number of fused-ring (bicyclic) bond motifs is 1. The number of rotatable bonds is 1. The smallest absolute Gasteiger partial charge is 0.254 e. The summed E-state index contributed by atoms with van der Waals surface area (Å²) in [5.74, 6) is 0. The minimum atomic E-state index is -0.159. The summed E-state index contributed by atoms with van der Waals surface area (Å²) in [4.78, 5) is 18.0. The van der Waals surface area contributed by atoms with Gasteiger partial charge in [-0.2, -0.15) is 0 Å². The van der Waals surface area contributed by atoms with E-state index in [1.807, 2.05) is 12.1 Å². The number of H-pyrrole nitrogens is 1. The van der Waals surface area contributed by atoms with E-state index in [2.05, 4.69) is 9.97 Å². The van der Waals surface area contributed by atoms with Gasteiger partial charge in [0, 0.05) is 23.7 Å². The quantitative estimate of drug-likeness (QED) is 0.658. The van der Waals surface area contributed by atoms with Crippen molar-refractivity contribution in [1.29, 1.82) is 0 Å². The van der Waals surface area contributed by atoms with Crippen molar-refractivity contribution >= 4 is 11.0 Å². The molecule has 0 fully saturated rings. The molecule has 4 nitrogen and oxygen atoms in total. The zero-order valence-electron chi connectivity index (χ0n) is 6.95. The lowest BCUT2D eigenvalue weighted by Crippen LogP contribution is -2.15. The maximum Gasteiger partial charge on any atom is 0.254 e. The molecule has 0 spiro atoms. The molecule has 2 aromatic rings. The number of hydrogen-bond donors (Lipinski definition) is 2. The van der Waals surface area contributed by atoms with E-state index < -0.39 is 0 Å². The topological polar surface area (TPSA) is 71.8 Å². The van der Waals surface area contributed by atoms with Gasteiger partial charge in [0.2, 0.25) is 0 Å². The molecule has 0 bridgehead atoms. The van der Waals surface area contributed by atoms with Gasteiger partial charge in [-0.25, -0.2) is 4.98 Å². The second-order valence-corrected chi connectivity index (χ2v) is 2.77. The highest BCUT2D eigenvalue weighted by atomic mass is 16.1. The Kier molecular flexibility index (Phi) is 1.83. The fourth-order valence-electron chi connectivity index (χ4n) is 1.23. The van der Waals surface area contributed by atoms with Gasteiger partial charge in [0.05, 0.1) is 0 Å². The second-order valence-electron chi connectivity index (χ2n) is 2.77. The Bertz CT molecular complexity index is 489. The SMILES string of the molecule is NCc1cc2cccnc2[nH]c1=O. The first kappa shape index (κ1) is 7.94. The molecular formula is C9H9N3O. The van der Waals surface area contributed by atoms with Crippen molar-refractivity contribution < 1.29 is 0 Å². The van der Waals surface area contributed by atoms with E-state index in [0.29, 0.717) is 11.2 Å². The lowest BCUT2D eigenvalue weighted by molar-refractivity contribution is 1.02. The highest BCUT2D eigenvalue weighted by Gasteiger charge is 1.99. The van der Waals surface area contributed by atoms with Crippen LogP contribution in [-0.2, 0) is 6.54 Å². The molecule has 2 rings (SSSR count). The summed E-state index contributed by atoms with van der Waals surface area (Å²) in [6.07, 6.45) is 1.64. The van der Waals surface area contributed by atoms with E-state index in [4.69, 9.17) is 5.73 Å². The lowest BCUT2D eigenvalue weighted by Gasteiger charge is -1.98. The molecule has 0 unspecified atom stereocenters. The Morgan fingerprint density at radius 1 is 1.54 bits per heavy atom. The number of nitrogens with two attached hydrogens (primary N) is 1. The molecule has 0 saturated carbocycles. The number of aromatic nitrogens is 2. The van der Waals surface area contributed by atoms with Gasteiger partial charge in [0.25, 0.3) is 5.56 Å². The second kappa shape index (κ2) is 2.99. The van der Waals surface area contributed by atoms with E-state index in [9.17, 15) is 4.79 Å². The summed E-state index contributed by atoms with van der Waals surface area (Å²) >= 11 is 0. The van der Waals surface area contributed by atoms with Gasteiger partial charge in [-0.05, 0) is 18.2 Å². The van der Waals surface area contributed by atoms with E-state index in [-0.39, 0.29) is 12.1 Å². The maximum absolute atomic E-state index is 11.3. The molecule has 0 atom stereocenters. The first-order valence-electron chi connectivity index (χ1n) is 3.98. The van der Waals surface area contributed by atoms with Crippen molar-refractivity contribution in [2.75, 3.05) is 0 Å². The van der Waals surface area contributed by atoms with Gasteiger partial charge >= 0.3 is 0 Å². The zero-order chi connectivity index (χ0) is 9.26. The molecular weight excluding hydrogens is 166 g/mol. The van der Waals surface area contributed by atoms with Crippen molar-refractivity contribution in [2.24, 2.45) is 5.73 Å². The normalized spacial score (nSPS) is 10.5. The fraction of sp³-hybridized carbons (Fsp3) is 0.111. The van der Waals surface area contributed by atoms with Crippen LogP contribution < -0.4 is 11.3 Å². The Morgan fingerprint density at radius 3 is 3.15 bits per heavy atom. The molecule has 2 aromatic heterocycles. The van der Waals surface area contributed by atoms with Gasteiger partial charge in [0.1, 0.15) is 5.65 Å². The number of hydrogen-bond acceptors (Lipinski definition) is 3. The van der Waals surface area contributed by atoms with Crippen LogP contribution in [0.4, 0.5) is 0 Å². The van der Waals surface area contributed by atoms with Crippen LogP contribution in [0.5, 0.6) is 0 Å². The van der Waals surface area contributed by atoms with Crippen molar-refractivity contribution in [3.05, 3.63) is 40.3 Å². The van der Waals surface area contributed by atoms with Crippen molar-refractivity contribution in [2.45, 2.75) is 6.54 Å². The van der Waals surface area contributed by atoms with Crippen LogP contribution in [-0.4, -0.2) is 9.97 Å². The average molecular weight is 175 g/mol. The third-order valence-corrected chi connectivity index (χ3v) is 1.91. The van der Waals surface area contributed by atoms with E-state index in [0.717, 1.165) is 5.39 Å². The van der Waals surface area contributed by atoms with E-state index in [1.165, 1.54) is 0 Å². The van der Waals surface area contributed by atoms with Crippen molar-refractivity contribution in [1.82, 2.24) is 9.97 Å². The summed E-state index contributed by atoms with van der Waals surface area (Å²) in [6, 6.07) is 5.47. The minimum absolute atomic E-state index is 0.159. The Balaban J connectivity index is 2.81. The van der Waals surface area contributed by atoms with Crippen LogP contribution in [0.2, 0.25) is 0 Å². The molecule has 13 heavy (non-hydrogen) atoms. The fourth-order valence-corrected chi connectivity index (χ4v) is 1.23. The zero-order valence-corrected chi connectivity index (χ0v) is 6.95. The van der Waals surface area contributed by atoms with Gasteiger partial charge in [-0.15, -0.1) is 0 Å². The predicted molar refractivity (Wildman–Crippen MR) is 50.3 cm³/mol. The summed E-state index contributed by atoms with van der Waals surface area (Å²) in [7, 11) is 0. The molecule has 0 aliphatic heterocycles. The highest BCUT2D eigenvalue weighted by molar-refractivity contribution is 5.74. The summed E-state index contributed by atoms with van der Waals surface area (Å²) in [5, 5.41) is 0.905. The van der Waals surface area contributed by atoms with Crippen LogP contribution in [0.1, 0.15) is 5.56 Å². The Labute approximate surface area is 74.4 Å². The van der Waals surface area contributed by atoms with Gasteiger partial charge in [0.15, 0.2) is 0 Å². The molecule has 0 aliphatic carbocycles. The number of nitrogens with one attached hydrogen (secondary N) is 1. The predicted octanol–water partition coefficient (Wildman–Crippen LogP) is 0.382. The first-order chi connectivity index (χ1) is 6.31. The highest BCUT2D eigenvalue weighted by Crippen LogP contribution is 2.06. The monoisotopic (exact) mass is 175 g/mol. The molecule has 66 valence electrons. The van der Waals surface area contributed by atoms with E-state index in [1.54, 1.807) is 12.3 Å².